The van der Waals surface area contributed by atoms with Gasteiger partial charge in [0.1, 0.15) is 0 Å². The molecule has 29 heavy (non-hydrogen) atoms. The van der Waals surface area contributed by atoms with Gasteiger partial charge in [-0.3, -0.25) is 14.5 Å². The van der Waals surface area contributed by atoms with Crippen LogP contribution in [-0.2, 0) is 22.7 Å². The number of nitrogens with one attached hydrogen (secondary N) is 1. The topological polar surface area (TPSA) is 52.7 Å². The number of nitrogens with zero attached hydrogens (tertiary/aromatic N) is 2. The Hall–Kier alpha value is -2.18. The van der Waals surface area contributed by atoms with Gasteiger partial charge >= 0.3 is 0 Å². The number of amides is 2. The standard InChI is InChI=1S/C23H26BrN3O2/c24-20-9-3-4-10-21(20)27-16-19(13-22(27)28)23(29)25-14-17-7-1-2-8-18(17)15-26-11-5-6-12-26/h1-4,7-10,19H,5-6,11-16H2,(H,25,29)/t19-/m0/s1. The van der Waals surface area contributed by atoms with E-state index in [1.54, 1.807) is 4.90 Å². The zero-order valence-corrected chi connectivity index (χ0v) is 18.0. The fourth-order valence-electron chi connectivity index (χ4n) is 4.18. The van der Waals surface area contributed by atoms with Gasteiger partial charge in [0.05, 0.1) is 11.6 Å². The number of para-hydroxylation sites is 1. The molecule has 0 aliphatic carbocycles. The Balaban J connectivity index is 1.37. The maximum atomic E-state index is 12.8. The summed E-state index contributed by atoms with van der Waals surface area (Å²) in [6, 6.07) is 15.9. The summed E-state index contributed by atoms with van der Waals surface area (Å²) in [7, 11) is 0. The van der Waals surface area contributed by atoms with Gasteiger partial charge < -0.3 is 10.2 Å². The van der Waals surface area contributed by atoms with Crippen LogP contribution < -0.4 is 10.2 Å². The Kier molecular flexibility index (Phi) is 6.31. The summed E-state index contributed by atoms with van der Waals surface area (Å²) >= 11 is 3.50. The second-order valence-corrected chi connectivity index (χ2v) is 8.68. The van der Waals surface area contributed by atoms with Crippen LogP contribution in [0.5, 0.6) is 0 Å². The van der Waals surface area contributed by atoms with Gasteiger partial charge in [0.15, 0.2) is 0 Å². The lowest BCUT2D eigenvalue weighted by atomic mass is 10.1. The third kappa shape index (κ3) is 4.70. The average molecular weight is 456 g/mol. The van der Waals surface area contributed by atoms with E-state index in [2.05, 4.69) is 44.3 Å². The Labute approximate surface area is 180 Å². The molecular weight excluding hydrogens is 430 g/mol. The highest BCUT2D eigenvalue weighted by atomic mass is 79.9. The van der Waals surface area contributed by atoms with Gasteiger partial charge in [-0.15, -0.1) is 0 Å². The SMILES string of the molecule is O=C(NCc1ccccc1CN1CCCC1)[C@H]1CC(=O)N(c2ccccc2Br)C1. The molecular formula is C23H26BrN3O2. The molecule has 0 bridgehead atoms. The smallest absolute Gasteiger partial charge is 0.227 e. The summed E-state index contributed by atoms with van der Waals surface area (Å²) < 4.78 is 0.866. The second-order valence-electron chi connectivity index (χ2n) is 7.83. The zero-order valence-electron chi connectivity index (χ0n) is 16.4. The predicted molar refractivity (Wildman–Crippen MR) is 117 cm³/mol. The van der Waals surface area contributed by atoms with Gasteiger partial charge in [-0.05, 0) is 65.1 Å². The van der Waals surface area contributed by atoms with E-state index in [0.29, 0.717) is 13.1 Å². The lowest BCUT2D eigenvalue weighted by Crippen LogP contribution is -2.33. The lowest BCUT2D eigenvalue weighted by Gasteiger charge is -2.19. The minimum Gasteiger partial charge on any atom is -0.352 e. The predicted octanol–water partition coefficient (Wildman–Crippen LogP) is 3.71. The van der Waals surface area contributed by atoms with Crippen LogP contribution in [0.4, 0.5) is 5.69 Å². The molecule has 2 amide bonds. The number of halogens is 1. The number of anilines is 1. The molecule has 2 aromatic rings. The van der Waals surface area contributed by atoms with E-state index in [4.69, 9.17) is 0 Å². The average Bonchev–Trinajstić information content (AvgIpc) is 3.37. The summed E-state index contributed by atoms with van der Waals surface area (Å²) in [5.41, 5.74) is 3.25. The first-order chi connectivity index (χ1) is 14.1. The van der Waals surface area contributed by atoms with Crippen LogP contribution in [0.2, 0.25) is 0 Å². The van der Waals surface area contributed by atoms with Crippen LogP contribution in [0.3, 0.4) is 0 Å². The first-order valence-electron chi connectivity index (χ1n) is 10.2. The minimum absolute atomic E-state index is 0.00789. The third-order valence-corrected chi connectivity index (χ3v) is 6.47. The van der Waals surface area contributed by atoms with Crippen LogP contribution in [0, 0.1) is 5.92 Å². The molecule has 1 N–H and O–H groups in total. The summed E-state index contributed by atoms with van der Waals surface area (Å²) in [5.74, 6) is -0.379. The van der Waals surface area contributed by atoms with Crippen molar-refractivity contribution in [1.29, 1.82) is 0 Å². The third-order valence-electron chi connectivity index (χ3n) is 5.80. The van der Waals surface area contributed by atoms with Crippen molar-refractivity contribution in [3.63, 3.8) is 0 Å². The second kappa shape index (κ2) is 9.09. The van der Waals surface area contributed by atoms with Crippen molar-refractivity contribution in [2.24, 2.45) is 5.92 Å². The molecule has 0 saturated carbocycles. The van der Waals surface area contributed by atoms with Crippen molar-refractivity contribution in [1.82, 2.24) is 10.2 Å². The van der Waals surface area contributed by atoms with E-state index < -0.39 is 0 Å². The Morgan fingerprint density at radius 3 is 2.48 bits per heavy atom. The Morgan fingerprint density at radius 2 is 1.72 bits per heavy atom. The monoisotopic (exact) mass is 455 g/mol. The zero-order chi connectivity index (χ0) is 20.2. The highest BCUT2D eigenvalue weighted by molar-refractivity contribution is 9.10. The number of hydrogen-bond donors (Lipinski definition) is 1. The van der Waals surface area contributed by atoms with Gasteiger partial charge in [-0.1, -0.05) is 36.4 Å². The number of hydrogen-bond acceptors (Lipinski definition) is 3. The number of benzene rings is 2. The van der Waals surface area contributed by atoms with E-state index in [-0.39, 0.29) is 24.2 Å². The minimum atomic E-state index is -0.319. The lowest BCUT2D eigenvalue weighted by molar-refractivity contribution is -0.126. The summed E-state index contributed by atoms with van der Waals surface area (Å²) in [6.07, 6.45) is 2.79. The number of likely N-dealkylation sites (tertiary alicyclic amines) is 1. The van der Waals surface area contributed by atoms with Crippen LogP contribution in [0.1, 0.15) is 30.4 Å². The van der Waals surface area contributed by atoms with E-state index >= 15 is 0 Å². The molecule has 152 valence electrons. The quantitative estimate of drug-likeness (QED) is 0.721. The van der Waals surface area contributed by atoms with E-state index in [9.17, 15) is 9.59 Å². The Morgan fingerprint density at radius 1 is 1.03 bits per heavy atom. The van der Waals surface area contributed by atoms with Gasteiger partial charge in [0, 0.05) is 30.5 Å². The van der Waals surface area contributed by atoms with Crippen LogP contribution in [-0.4, -0.2) is 36.3 Å². The van der Waals surface area contributed by atoms with Gasteiger partial charge in [0.2, 0.25) is 11.8 Å². The van der Waals surface area contributed by atoms with E-state index in [0.717, 1.165) is 35.4 Å². The number of carbonyl (C=O) groups is 2. The van der Waals surface area contributed by atoms with Gasteiger partial charge in [-0.25, -0.2) is 0 Å². The Bertz CT molecular complexity index is 895. The molecule has 6 heteroatoms. The molecule has 5 nitrogen and oxygen atoms in total. The molecule has 2 aliphatic rings. The molecule has 2 aromatic carbocycles. The van der Waals surface area contributed by atoms with Crippen molar-refractivity contribution in [2.45, 2.75) is 32.4 Å². The maximum absolute atomic E-state index is 12.8. The highest BCUT2D eigenvalue weighted by Crippen LogP contribution is 2.31. The molecule has 0 radical (unpaired) electrons. The molecule has 2 saturated heterocycles. The molecule has 4 rings (SSSR count). The van der Waals surface area contributed by atoms with Crippen molar-refractivity contribution >= 4 is 33.4 Å². The van der Waals surface area contributed by atoms with Crippen LogP contribution >= 0.6 is 15.9 Å². The first kappa shape index (κ1) is 20.1. The van der Waals surface area contributed by atoms with Crippen molar-refractivity contribution in [3.05, 3.63) is 64.1 Å². The molecule has 0 spiro atoms. The molecule has 2 aliphatic heterocycles. The summed E-state index contributed by atoms with van der Waals surface area (Å²) in [5, 5.41) is 3.07. The fraction of sp³-hybridized carbons (Fsp3) is 0.391. The maximum Gasteiger partial charge on any atom is 0.227 e. The molecule has 0 unspecified atom stereocenters. The molecule has 0 aromatic heterocycles. The number of rotatable bonds is 6. The van der Waals surface area contributed by atoms with Crippen LogP contribution in [0.15, 0.2) is 53.0 Å². The van der Waals surface area contributed by atoms with Crippen LogP contribution in [0.25, 0.3) is 0 Å². The molecule has 2 fully saturated rings. The van der Waals surface area contributed by atoms with Gasteiger partial charge in [-0.2, -0.15) is 0 Å². The normalized spacial score (nSPS) is 19.7. The summed E-state index contributed by atoms with van der Waals surface area (Å²) in [4.78, 5) is 29.4. The van der Waals surface area contributed by atoms with Crippen molar-refractivity contribution in [3.8, 4) is 0 Å². The fourth-order valence-corrected chi connectivity index (χ4v) is 4.68. The van der Waals surface area contributed by atoms with Gasteiger partial charge in [0.25, 0.3) is 0 Å². The first-order valence-corrected chi connectivity index (χ1v) is 11.0. The highest BCUT2D eigenvalue weighted by Gasteiger charge is 2.35. The van der Waals surface area contributed by atoms with E-state index in [1.807, 2.05) is 30.3 Å². The van der Waals surface area contributed by atoms with Crippen molar-refractivity contribution in [2.75, 3.05) is 24.5 Å². The van der Waals surface area contributed by atoms with Crippen molar-refractivity contribution < 1.29 is 9.59 Å². The number of carbonyl (C=O) groups excluding carboxylic acids is 2. The molecule has 1 atom stereocenters. The van der Waals surface area contributed by atoms with E-state index in [1.165, 1.54) is 18.4 Å². The largest absolute Gasteiger partial charge is 0.352 e. The summed E-state index contributed by atoms with van der Waals surface area (Å²) in [6.45, 7) is 4.15. The molecule has 2 heterocycles.